The summed E-state index contributed by atoms with van der Waals surface area (Å²) in [5, 5.41) is 21.9. The monoisotopic (exact) mass is 508 g/mol. The number of H-pyrrole nitrogens is 2. The Morgan fingerprint density at radius 3 is 2.50 bits per heavy atom. The molecule has 0 saturated heterocycles. The molecule has 3 heterocycles. The van der Waals surface area contributed by atoms with E-state index < -0.39 is 0 Å². The van der Waals surface area contributed by atoms with Crippen LogP contribution in [0.25, 0.3) is 33.5 Å². The van der Waals surface area contributed by atoms with Gasteiger partial charge in [0.25, 0.3) is 5.56 Å². The van der Waals surface area contributed by atoms with Crippen molar-refractivity contribution in [2.75, 3.05) is 0 Å². The molecule has 9 heteroatoms. The molecule has 0 aliphatic heterocycles. The average molecular weight is 509 g/mol. The molecule has 2 aromatic carbocycles. The van der Waals surface area contributed by atoms with E-state index >= 15 is 0 Å². The molecule has 0 amide bonds. The van der Waals surface area contributed by atoms with Crippen molar-refractivity contribution in [3.63, 3.8) is 0 Å². The molecule has 0 atom stereocenters. The molecule has 2 N–H and O–H groups in total. The van der Waals surface area contributed by atoms with Crippen molar-refractivity contribution in [3.05, 3.63) is 76.0 Å². The Kier molecular flexibility index (Phi) is 6.81. The number of nitrogens with one attached hydrogen (secondary N) is 2. The van der Waals surface area contributed by atoms with Gasteiger partial charge in [-0.1, -0.05) is 81.1 Å². The molecule has 1 aliphatic rings. The maximum absolute atomic E-state index is 13.1. The first kappa shape index (κ1) is 24.2. The highest BCUT2D eigenvalue weighted by Crippen LogP contribution is 2.35. The second-order valence-corrected chi connectivity index (χ2v) is 10.2. The summed E-state index contributed by atoms with van der Waals surface area (Å²) in [6.45, 7) is 2.76. The van der Waals surface area contributed by atoms with E-state index in [0.29, 0.717) is 23.8 Å². The van der Waals surface area contributed by atoms with Crippen LogP contribution >= 0.6 is 0 Å². The molecule has 38 heavy (non-hydrogen) atoms. The lowest BCUT2D eigenvalue weighted by Crippen LogP contribution is -2.18. The topological polar surface area (TPSA) is 118 Å². The number of hydrogen-bond acceptors (Lipinski definition) is 6. The number of imidazole rings is 1. The quantitative estimate of drug-likeness (QED) is 0.290. The van der Waals surface area contributed by atoms with E-state index in [1.165, 1.54) is 19.3 Å². The fraction of sp³-hybridized carbons (Fsp3) is 0.379. The highest BCUT2D eigenvalue weighted by Gasteiger charge is 2.24. The summed E-state index contributed by atoms with van der Waals surface area (Å²) < 4.78 is 2.11. The largest absolute Gasteiger partial charge is 0.319 e. The number of aromatic nitrogens is 8. The van der Waals surface area contributed by atoms with E-state index in [9.17, 15) is 4.79 Å². The van der Waals surface area contributed by atoms with Crippen LogP contribution in [0, 0.1) is 0 Å². The van der Waals surface area contributed by atoms with Crippen molar-refractivity contribution in [2.45, 2.75) is 70.8 Å². The third-order valence-corrected chi connectivity index (χ3v) is 7.65. The number of fused-ring (bicyclic) bond motifs is 1. The van der Waals surface area contributed by atoms with Crippen molar-refractivity contribution in [1.29, 1.82) is 0 Å². The molecule has 6 rings (SSSR count). The van der Waals surface area contributed by atoms with Crippen LogP contribution in [-0.2, 0) is 13.0 Å². The molecule has 5 aromatic rings. The molecule has 0 radical (unpaired) electrons. The van der Waals surface area contributed by atoms with Crippen molar-refractivity contribution < 1.29 is 0 Å². The summed E-state index contributed by atoms with van der Waals surface area (Å²) in [5.74, 6) is 1.89. The first-order valence-electron chi connectivity index (χ1n) is 13.6. The Bertz CT molecular complexity index is 1580. The Hall–Kier alpha value is -4.14. The predicted molar refractivity (Wildman–Crippen MR) is 147 cm³/mol. The zero-order valence-corrected chi connectivity index (χ0v) is 21.7. The van der Waals surface area contributed by atoms with E-state index in [1.807, 2.05) is 18.2 Å². The van der Waals surface area contributed by atoms with E-state index in [-0.39, 0.29) is 5.56 Å². The zero-order valence-electron chi connectivity index (χ0n) is 21.7. The number of aromatic amines is 2. The van der Waals surface area contributed by atoms with E-state index in [1.54, 1.807) is 0 Å². The second kappa shape index (κ2) is 10.7. The smallest absolute Gasteiger partial charge is 0.290 e. The first-order valence-corrected chi connectivity index (χ1v) is 13.6. The molecule has 3 aromatic heterocycles. The number of hydrogen-bond donors (Lipinski definition) is 2. The summed E-state index contributed by atoms with van der Waals surface area (Å²) in [6, 6.07) is 16.5. The van der Waals surface area contributed by atoms with Crippen LogP contribution in [0.2, 0.25) is 0 Å². The zero-order chi connectivity index (χ0) is 25.9. The number of rotatable bonds is 8. The van der Waals surface area contributed by atoms with Crippen molar-refractivity contribution in [1.82, 2.24) is 40.4 Å². The Balaban J connectivity index is 1.37. The molecule has 0 spiro atoms. The second-order valence-electron chi connectivity index (χ2n) is 10.2. The summed E-state index contributed by atoms with van der Waals surface area (Å²) in [5.41, 5.74) is 6.37. The van der Waals surface area contributed by atoms with Gasteiger partial charge in [-0.2, -0.15) is 10.3 Å². The third-order valence-electron chi connectivity index (χ3n) is 7.65. The number of benzene rings is 2. The maximum Gasteiger partial charge on any atom is 0.290 e. The Labute approximate surface area is 220 Å². The minimum absolute atomic E-state index is 0.166. The van der Waals surface area contributed by atoms with Gasteiger partial charge in [0.1, 0.15) is 16.9 Å². The van der Waals surface area contributed by atoms with Crippen LogP contribution in [0.15, 0.2) is 53.3 Å². The van der Waals surface area contributed by atoms with Crippen LogP contribution < -0.4 is 5.56 Å². The summed E-state index contributed by atoms with van der Waals surface area (Å²) in [4.78, 5) is 18.1. The molecule has 1 aliphatic carbocycles. The van der Waals surface area contributed by atoms with Gasteiger partial charge in [0.05, 0.1) is 5.69 Å². The lowest BCUT2D eigenvalue weighted by Gasteiger charge is -2.20. The highest BCUT2D eigenvalue weighted by atomic mass is 16.1. The molecule has 0 unspecified atom stereocenters. The summed E-state index contributed by atoms with van der Waals surface area (Å²) in [7, 11) is 0. The van der Waals surface area contributed by atoms with E-state index in [0.717, 1.165) is 71.4 Å². The first-order chi connectivity index (χ1) is 18.7. The third kappa shape index (κ3) is 4.64. The SMILES string of the molecule is CCCCc1nc2c(C3CCCCC3)n[nH]c(=O)c2n1Cc1ccc(-c2ccccc2-c2nn[nH]n2)cc1. The molecular weight excluding hydrogens is 476 g/mol. The van der Waals surface area contributed by atoms with Gasteiger partial charge < -0.3 is 4.57 Å². The summed E-state index contributed by atoms with van der Waals surface area (Å²) in [6.07, 6.45) is 8.84. The normalized spacial score (nSPS) is 14.3. The molecule has 1 fully saturated rings. The predicted octanol–water partition coefficient (Wildman–Crippen LogP) is 5.41. The van der Waals surface area contributed by atoms with Gasteiger partial charge in [0.15, 0.2) is 0 Å². The Morgan fingerprint density at radius 1 is 0.974 bits per heavy atom. The van der Waals surface area contributed by atoms with E-state index in [4.69, 9.17) is 4.98 Å². The molecular formula is C29H32N8O. The lowest BCUT2D eigenvalue weighted by atomic mass is 9.86. The molecule has 194 valence electrons. The van der Waals surface area contributed by atoms with Gasteiger partial charge in [-0.15, -0.1) is 10.2 Å². The minimum Gasteiger partial charge on any atom is -0.319 e. The van der Waals surface area contributed by atoms with Crippen molar-refractivity contribution >= 4 is 11.0 Å². The lowest BCUT2D eigenvalue weighted by molar-refractivity contribution is 0.436. The molecule has 1 saturated carbocycles. The van der Waals surface area contributed by atoms with Gasteiger partial charge >= 0.3 is 0 Å². The van der Waals surface area contributed by atoms with Crippen LogP contribution in [0.3, 0.4) is 0 Å². The average Bonchev–Trinajstić information content (AvgIpc) is 3.62. The standard InChI is InChI=1S/C29H32N8O/c1-2-3-13-24-30-26-25(21-9-5-4-6-10-21)31-34-29(38)27(26)37(24)18-19-14-16-20(17-15-19)22-11-7-8-12-23(22)28-32-35-36-33-28/h7-8,11-12,14-17,21H,2-6,9-10,13,18H2,1H3,(H,34,38)(H,32,33,35,36). The van der Waals surface area contributed by atoms with Crippen LogP contribution in [0.4, 0.5) is 0 Å². The van der Waals surface area contributed by atoms with Gasteiger partial charge in [0, 0.05) is 24.4 Å². The van der Waals surface area contributed by atoms with Crippen LogP contribution in [-0.4, -0.2) is 40.4 Å². The maximum atomic E-state index is 13.1. The minimum atomic E-state index is -0.166. The van der Waals surface area contributed by atoms with Gasteiger partial charge in [-0.3, -0.25) is 4.79 Å². The molecule has 0 bridgehead atoms. The number of tetrazole rings is 1. The summed E-state index contributed by atoms with van der Waals surface area (Å²) >= 11 is 0. The van der Waals surface area contributed by atoms with Crippen molar-refractivity contribution in [3.8, 4) is 22.5 Å². The van der Waals surface area contributed by atoms with Gasteiger partial charge in [-0.25, -0.2) is 10.1 Å². The fourth-order valence-corrected chi connectivity index (χ4v) is 5.66. The van der Waals surface area contributed by atoms with Crippen LogP contribution in [0.5, 0.6) is 0 Å². The van der Waals surface area contributed by atoms with Gasteiger partial charge in [0.2, 0.25) is 5.82 Å². The van der Waals surface area contributed by atoms with Crippen LogP contribution in [0.1, 0.15) is 74.9 Å². The number of aryl methyl sites for hydroxylation is 1. The van der Waals surface area contributed by atoms with Crippen molar-refractivity contribution in [2.24, 2.45) is 0 Å². The highest BCUT2D eigenvalue weighted by molar-refractivity contribution is 5.80. The van der Waals surface area contributed by atoms with E-state index in [2.05, 4.69) is 72.6 Å². The molecule has 9 nitrogen and oxygen atoms in total. The van der Waals surface area contributed by atoms with Gasteiger partial charge in [-0.05, 0) is 41.2 Å². The fourth-order valence-electron chi connectivity index (χ4n) is 5.66. The number of nitrogens with zero attached hydrogens (tertiary/aromatic N) is 6. The Morgan fingerprint density at radius 2 is 1.76 bits per heavy atom. The number of unbranched alkanes of at least 4 members (excludes halogenated alkanes) is 1.